The van der Waals surface area contributed by atoms with Gasteiger partial charge >= 0.3 is 0 Å². The lowest BCUT2D eigenvalue weighted by molar-refractivity contribution is 0.0351. The van der Waals surface area contributed by atoms with Crippen molar-refractivity contribution in [2.75, 3.05) is 18.8 Å². The van der Waals surface area contributed by atoms with Crippen LogP contribution in [0.1, 0.15) is 29.9 Å². The zero-order chi connectivity index (χ0) is 13.5. The Morgan fingerprint density at radius 3 is 2.83 bits per heavy atom. The van der Waals surface area contributed by atoms with Crippen molar-refractivity contribution in [3.8, 4) is 0 Å². The van der Waals surface area contributed by atoms with Crippen molar-refractivity contribution in [1.29, 1.82) is 0 Å². The second-order valence-corrected chi connectivity index (χ2v) is 5.17. The van der Waals surface area contributed by atoms with Crippen LogP contribution in [-0.4, -0.2) is 44.6 Å². The van der Waals surface area contributed by atoms with E-state index in [-0.39, 0.29) is 17.8 Å². The molecule has 0 spiro atoms. The van der Waals surface area contributed by atoms with Crippen LogP contribution >= 0.6 is 0 Å². The van der Waals surface area contributed by atoms with Gasteiger partial charge in [0, 0.05) is 25.2 Å². The zero-order valence-electron chi connectivity index (χ0n) is 10.8. The third-order valence-corrected chi connectivity index (χ3v) is 3.58. The number of aryl methyl sites for hydroxylation is 1. The lowest BCUT2D eigenvalue weighted by Gasteiger charge is -2.20. The summed E-state index contributed by atoms with van der Waals surface area (Å²) in [5.74, 6) is 0.0550. The Labute approximate surface area is 106 Å². The predicted molar refractivity (Wildman–Crippen MR) is 66.9 cm³/mol. The van der Waals surface area contributed by atoms with E-state index in [1.165, 1.54) is 6.20 Å². The molecule has 1 aromatic heterocycles. The van der Waals surface area contributed by atoms with Gasteiger partial charge in [0.25, 0.3) is 5.91 Å². The summed E-state index contributed by atoms with van der Waals surface area (Å²) in [5.41, 5.74) is 5.62. The van der Waals surface area contributed by atoms with E-state index < -0.39 is 5.60 Å². The van der Waals surface area contributed by atoms with Crippen LogP contribution in [0.15, 0.2) is 6.20 Å². The Morgan fingerprint density at radius 1 is 1.67 bits per heavy atom. The first-order chi connectivity index (χ1) is 8.31. The van der Waals surface area contributed by atoms with Gasteiger partial charge < -0.3 is 15.7 Å². The average Bonchev–Trinajstić information content (AvgIpc) is 2.53. The molecule has 6 heteroatoms. The molecule has 1 aliphatic heterocycles. The van der Waals surface area contributed by atoms with E-state index >= 15 is 0 Å². The van der Waals surface area contributed by atoms with Crippen LogP contribution in [0.25, 0.3) is 0 Å². The molecule has 2 rings (SSSR count). The van der Waals surface area contributed by atoms with Gasteiger partial charge in [0.2, 0.25) is 5.95 Å². The second kappa shape index (κ2) is 4.20. The number of likely N-dealkylation sites (tertiary alicyclic amines) is 1. The molecule has 3 N–H and O–H groups in total. The molecule has 2 unspecified atom stereocenters. The van der Waals surface area contributed by atoms with E-state index in [0.29, 0.717) is 24.3 Å². The summed E-state index contributed by atoms with van der Waals surface area (Å²) in [7, 11) is 0. The van der Waals surface area contributed by atoms with Crippen LogP contribution in [0.5, 0.6) is 0 Å². The first-order valence-electron chi connectivity index (χ1n) is 5.92. The largest absolute Gasteiger partial charge is 0.388 e. The fraction of sp³-hybridized carbons (Fsp3) is 0.583. The van der Waals surface area contributed by atoms with E-state index in [0.717, 1.165) is 0 Å². The topological polar surface area (TPSA) is 92.3 Å². The van der Waals surface area contributed by atoms with Crippen molar-refractivity contribution < 1.29 is 9.90 Å². The molecule has 6 nitrogen and oxygen atoms in total. The minimum absolute atomic E-state index is 0.0523. The van der Waals surface area contributed by atoms with E-state index in [9.17, 15) is 9.90 Å². The summed E-state index contributed by atoms with van der Waals surface area (Å²) in [6.07, 6.45) is 1.44. The molecule has 0 bridgehead atoms. The minimum atomic E-state index is -0.835. The molecule has 1 saturated heterocycles. The zero-order valence-corrected chi connectivity index (χ0v) is 10.8. The Bertz CT molecular complexity index is 487. The number of carbonyl (C=O) groups is 1. The van der Waals surface area contributed by atoms with Gasteiger partial charge in [-0.15, -0.1) is 0 Å². The first-order valence-corrected chi connectivity index (χ1v) is 5.92. The number of aromatic nitrogens is 2. The molecule has 18 heavy (non-hydrogen) atoms. The van der Waals surface area contributed by atoms with Gasteiger partial charge in [-0.2, -0.15) is 0 Å². The summed E-state index contributed by atoms with van der Waals surface area (Å²) >= 11 is 0. The lowest BCUT2D eigenvalue weighted by Crippen LogP contribution is -2.35. The van der Waals surface area contributed by atoms with Crippen LogP contribution in [0.2, 0.25) is 0 Å². The van der Waals surface area contributed by atoms with Gasteiger partial charge in [-0.05, 0) is 13.8 Å². The molecule has 1 amide bonds. The molecule has 2 atom stereocenters. The number of aliphatic hydroxyl groups is 1. The van der Waals surface area contributed by atoms with Crippen molar-refractivity contribution in [1.82, 2.24) is 14.9 Å². The van der Waals surface area contributed by atoms with Crippen molar-refractivity contribution in [3.63, 3.8) is 0 Å². The summed E-state index contributed by atoms with van der Waals surface area (Å²) in [6.45, 7) is 6.27. The van der Waals surface area contributed by atoms with E-state index in [1.54, 1.807) is 18.7 Å². The molecular weight excluding hydrogens is 232 g/mol. The fourth-order valence-corrected chi connectivity index (χ4v) is 2.15. The maximum atomic E-state index is 12.3. The molecule has 2 heterocycles. The number of anilines is 1. The Hall–Kier alpha value is -1.69. The second-order valence-electron chi connectivity index (χ2n) is 5.17. The fourth-order valence-electron chi connectivity index (χ4n) is 2.15. The van der Waals surface area contributed by atoms with Crippen LogP contribution in [0, 0.1) is 12.8 Å². The molecule has 98 valence electrons. The van der Waals surface area contributed by atoms with E-state index in [4.69, 9.17) is 5.73 Å². The Morgan fingerprint density at radius 2 is 2.33 bits per heavy atom. The number of hydrogen-bond donors (Lipinski definition) is 2. The molecule has 0 radical (unpaired) electrons. The lowest BCUT2D eigenvalue weighted by atomic mass is 9.95. The monoisotopic (exact) mass is 250 g/mol. The van der Waals surface area contributed by atoms with Gasteiger partial charge in [-0.3, -0.25) is 4.79 Å². The summed E-state index contributed by atoms with van der Waals surface area (Å²) < 4.78 is 0. The molecule has 0 aromatic carbocycles. The minimum Gasteiger partial charge on any atom is -0.388 e. The molecular formula is C12H18N4O2. The Balaban J connectivity index is 2.23. The normalized spacial score (nSPS) is 27.6. The predicted octanol–water partition coefficient (Wildman–Crippen LogP) is 0.210. The van der Waals surface area contributed by atoms with Gasteiger partial charge in [-0.1, -0.05) is 6.92 Å². The SMILES string of the molecule is Cc1nc(N)ncc1C(=O)N1CC(C)C(C)(O)C1. The standard InChI is InChI=1S/C12H18N4O2/c1-7-5-16(6-12(7,3)18)10(17)9-4-14-11(13)15-8(9)2/h4,7,18H,5-6H2,1-3H3,(H2,13,14,15). The van der Waals surface area contributed by atoms with Crippen molar-refractivity contribution in [2.24, 2.45) is 5.92 Å². The number of rotatable bonds is 1. The number of nitrogens with two attached hydrogens (primary N) is 1. The van der Waals surface area contributed by atoms with Crippen molar-refractivity contribution in [3.05, 3.63) is 17.5 Å². The van der Waals surface area contributed by atoms with Crippen LogP contribution in [0.3, 0.4) is 0 Å². The van der Waals surface area contributed by atoms with Crippen LogP contribution < -0.4 is 5.73 Å². The van der Waals surface area contributed by atoms with Gasteiger partial charge in [0.15, 0.2) is 0 Å². The van der Waals surface area contributed by atoms with Gasteiger partial charge in [-0.25, -0.2) is 9.97 Å². The molecule has 0 saturated carbocycles. The number of carbonyl (C=O) groups excluding carboxylic acids is 1. The number of hydrogen-bond acceptors (Lipinski definition) is 5. The molecule has 1 aliphatic rings. The van der Waals surface area contributed by atoms with Gasteiger partial charge in [0.1, 0.15) is 0 Å². The molecule has 1 fully saturated rings. The quantitative estimate of drug-likeness (QED) is 0.743. The maximum absolute atomic E-state index is 12.3. The number of β-amino-alcohol motifs (C(OH)–C–C–N with tert-alkyl or cyclic N) is 1. The van der Waals surface area contributed by atoms with Crippen molar-refractivity contribution in [2.45, 2.75) is 26.4 Å². The smallest absolute Gasteiger partial charge is 0.257 e. The summed E-state index contributed by atoms with van der Waals surface area (Å²) in [5, 5.41) is 10.1. The van der Waals surface area contributed by atoms with Gasteiger partial charge in [0.05, 0.1) is 16.9 Å². The number of nitrogens with zero attached hydrogens (tertiary/aromatic N) is 3. The first kappa shape index (κ1) is 12.8. The average molecular weight is 250 g/mol. The summed E-state index contributed by atoms with van der Waals surface area (Å²) in [4.78, 5) is 21.8. The highest BCUT2D eigenvalue weighted by Gasteiger charge is 2.41. The third kappa shape index (κ3) is 2.15. The number of nitrogen functional groups attached to an aromatic ring is 1. The highest BCUT2D eigenvalue weighted by molar-refractivity contribution is 5.95. The number of amides is 1. The summed E-state index contributed by atoms with van der Waals surface area (Å²) in [6, 6.07) is 0. The Kier molecular flexibility index (Phi) is 2.98. The van der Waals surface area contributed by atoms with E-state index in [2.05, 4.69) is 9.97 Å². The van der Waals surface area contributed by atoms with Crippen LogP contribution in [-0.2, 0) is 0 Å². The van der Waals surface area contributed by atoms with Crippen LogP contribution in [0.4, 0.5) is 5.95 Å². The van der Waals surface area contributed by atoms with Crippen molar-refractivity contribution >= 4 is 11.9 Å². The maximum Gasteiger partial charge on any atom is 0.257 e. The molecule has 0 aliphatic carbocycles. The van der Waals surface area contributed by atoms with E-state index in [1.807, 2.05) is 6.92 Å². The third-order valence-electron chi connectivity index (χ3n) is 3.58. The molecule has 1 aromatic rings. The highest BCUT2D eigenvalue weighted by atomic mass is 16.3. The highest BCUT2D eigenvalue weighted by Crippen LogP contribution is 2.28.